The second kappa shape index (κ2) is 6.80. The lowest BCUT2D eigenvalue weighted by Gasteiger charge is -2.06. The van der Waals surface area contributed by atoms with E-state index in [1.165, 1.54) is 18.3 Å². The van der Waals surface area contributed by atoms with Gasteiger partial charge >= 0.3 is 0 Å². The van der Waals surface area contributed by atoms with E-state index >= 15 is 0 Å². The molecule has 0 spiro atoms. The van der Waals surface area contributed by atoms with Crippen molar-refractivity contribution in [3.8, 4) is 11.6 Å². The molecule has 0 saturated heterocycles. The van der Waals surface area contributed by atoms with Gasteiger partial charge < -0.3 is 10.1 Å². The molecule has 4 nitrogen and oxygen atoms in total. The van der Waals surface area contributed by atoms with Gasteiger partial charge in [-0.2, -0.15) is 0 Å². The summed E-state index contributed by atoms with van der Waals surface area (Å²) >= 11 is 0. The van der Waals surface area contributed by atoms with Crippen molar-refractivity contribution in [1.29, 1.82) is 0 Å². The topological polar surface area (TPSA) is 47.0 Å². The van der Waals surface area contributed by atoms with E-state index in [1.54, 1.807) is 18.3 Å². The zero-order chi connectivity index (χ0) is 13.5. The van der Waals surface area contributed by atoms with Crippen LogP contribution in [-0.2, 0) is 6.54 Å². The molecule has 2 rings (SSSR count). The third-order valence-corrected chi connectivity index (χ3v) is 2.43. The summed E-state index contributed by atoms with van der Waals surface area (Å²) in [6.45, 7) is 3.69. The Morgan fingerprint density at radius 1 is 1.21 bits per heavy atom. The van der Waals surface area contributed by atoms with E-state index in [0.717, 1.165) is 18.7 Å². The molecule has 0 unspecified atom stereocenters. The first-order chi connectivity index (χ1) is 9.28. The summed E-state index contributed by atoms with van der Waals surface area (Å²) in [5.41, 5.74) is 0.813. The van der Waals surface area contributed by atoms with Crippen molar-refractivity contribution < 1.29 is 9.13 Å². The molecular formula is C14H16FN3O. The Hall–Kier alpha value is -2.01. The van der Waals surface area contributed by atoms with Gasteiger partial charge in [-0.15, -0.1) is 0 Å². The van der Waals surface area contributed by atoms with Gasteiger partial charge in [0.25, 0.3) is 0 Å². The minimum Gasteiger partial charge on any atom is -0.437 e. The third-order valence-electron chi connectivity index (χ3n) is 2.43. The number of aromatic nitrogens is 2. The van der Waals surface area contributed by atoms with Gasteiger partial charge in [-0.05, 0) is 37.2 Å². The summed E-state index contributed by atoms with van der Waals surface area (Å²) in [5, 5.41) is 3.24. The van der Waals surface area contributed by atoms with Gasteiger partial charge in [-0.25, -0.2) is 9.37 Å². The zero-order valence-electron chi connectivity index (χ0n) is 10.8. The summed E-state index contributed by atoms with van der Waals surface area (Å²) in [5.74, 6) is 0.646. The van der Waals surface area contributed by atoms with E-state index < -0.39 is 0 Å². The summed E-state index contributed by atoms with van der Waals surface area (Å²) in [6, 6.07) is 5.79. The quantitative estimate of drug-likeness (QED) is 0.812. The van der Waals surface area contributed by atoms with Crippen LogP contribution in [0.2, 0.25) is 0 Å². The average Bonchev–Trinajstić information content (AvgIpc) is 2.42. The highest BCUT2D eigenvalue weighted by Crippen LogP contribution is 2.18. The Morgan fingerprint density at radius 2 is 2.00 bits per heavy atom. The molecule has 1 aromatic carbocycles. The Balaban J connectivity index is 2.00. The fraction of sp³-hybridized carbons (Fsp3) is 0.286. The van der Waals surface area contributed by atoms with E-state index in [9.17, 15) is 4.39 Å². The molecule has 0 amide bonds. The second-order valence-corrected chi connectivity index (χ2v) is 4.08. The number of nitrogens with one attached hydrogen (secondary N) is 1. The first-order valence-corrected chi connectivity index (χ1v) is 6.23. The van der Waals surface area contributed by atoms with Gasteiger partial charge in [0.15, 0.2) is 0 Å². The Bertz CT molecular complexity index is 516. The molecule has 1 aromatic heterocycles. The number of rotatable bonds is 6. The van der Waals surface area contributed by atoms with Crippen LogP contribution < -0.4 is 10.1 Å². The summed E-state index contributed by atoms with van der Waals surface area (Å²) in [6.07, 6.45) is 4.30. The molecule has 1 heterocycles. The van der Waals surface area contributed by atoms with E-state index in [-0.39, 0.29) is 5.82 Å². The minimum atomic E-state index is -0.295. The lowest BCUT2D eigenvalue weighted by Crippen LogP contribution is -2.15. The molecule has 19 heavy (non-hydrogen) atoms. The maximum absolute atomic E-state index is 12.8. The third kappa shape index (κ3) is 4.30. The maximum Gasteiger partial charge on any atom is 0.238 e. The van der Waals surface area contributed by atoms with Crippen LogP contribution in [-0.4, -0.2) is 16.5 Å². The summed E-state index contributed by atoms with van der Waals surface area (Å²) in [7, 11) is 0. The van der Waals surface area contributed by atoms with Gasteiger partial charge in [0, 0.05) is 12.7 Å². The molecule has 0 aliphatic carbocycles. The SMILES string of the molecule is CCCNCc1cncc(Oc2ccc(F)cc2)n1. The van der Waals surface area contributed by atoms with Crippen molar-refractivity contribution in [3.05, 3.63) is 48.2 Å². The molecule has 0 aliphatic heterocycles. The lowest BCUT2D eigenvalue weighted by molar-refractivity contribution is 0.454. The molecule has 100 valence electrons. The molecule has 0 bridgehead atoms. The van der Waals surface area contributed by atoms with Crippen molar-refractivity contribution in [3.63, 3.8) is 0 Å². The summed E-state index contributed by atoms with van der Waals surface area (Å²) in [4.78, 5) is 8.40. The van der Waals surface area contributed by atoms with Crippen LogP contribution in [0.1, 0.15) is 19.0 Å². The van der Waals surface area contributed by atoms with E-state index in [1.807, 2.05) is 0 Å². The minimum absolute atomic E-state index is 0.295. The van der Waals surface area contributed by atoms with Crippen LogP contribution in [0.4, 0.5) is 4.39 Å². The number of nitrogens with zero attached hydrogens (tertiary/aromatic N) is 2. The fourth-order valence-electron chi connectivity index (χ4n) is 1.54. The molecule has 2 aromatic rings. The van der Waals surface area contributed by atoms with Gasteiger partial charge in [0.05, 0.1) is 11.9 Å². The Kier molecular flexibility index (Phi) is 4.80. The molecular weight excluding hydrogens is 245 g/mol. The number of hydrogen-bond acceptors (Lipinski definition) is 4. The molecule has 0 aliphatic rings. The Morgan fingerprint density at radius 3 is 2.74 bits per heavy atom. The van der Waals surface area contributed by atoms with Gasteiger partial charge in [0.1, 0.15) is 11.6 Å². The largest absolute Gasteiger partial charge is 0.437 e. The number of halogens is 1. The number of hydrogen-bond donors (Lipinski definition) is 1. The van der Waals surface area contributed by atoms with Crippen LogP contribution in [0.25, 0.3) is 0 Å². The first kappa shape index (κ1) is 13.4. The average molecular weight is 261 g/mol. The maximum atomic E-state index is 12.8. The smallest absolute Gasteiger partial charge is 0.238 e. The molecule has 0 saturated carbocycles. The van der Waals surface area contributed by atoms with E-state index in [2.05, 4.69) is 22.2 Å². The van der Waals surface area contributed by atoms with Crippen LogP contribution in [0.5, 0.6) is 11.6 Å². The molecule has 5 heteroatoms. The van der Waals surface area contributed by atoms with Crippen molar-refractivity contribution >= 4 is 0 Å². The Labute approximate surface area is 111 Å². The standard InChI is InChI=1S/C14H16FN3O/c1-2-7-16-8-12-9-17-10-14(18-12)19-13-5-3-11(15)4-6-13/h3-6,9-10,16H,2,7-8H2,1H3. The molecule has 0 radical (unpaired) electrons. The van der Waals surface area contributed by atoms with Crippen LogP contribution in [0.15, 0.2) is 36.7 Å². The first-order valence-electron chi connectivity index (χ1n) is 6.23. The van der Waals surface area contributed by atoms with Crippen LogP contribution in [0, 0.1) is 5.82 Å². The van der Waals surface area contributed by atoms with E-state index in [0.29, 0.717) is 18.2 Å². The highest BCUT2D eigenvalue weighted by atomic mass is 19.1. The molecule has 0 atom stereocenters. The van der Waals surface area contributed by atoms with Gasteiger partial charge in [-0.3, -0.25) is 4.98 Å². The van der Waals surface area contributed by atoms with Crippen LogP contribution in [0.3, 0.4) is 0 Å². The van der Waals surface area contributed by atoms with Crippen LogP contribution >= 0.6 is 0 Å². The predicted molar refractivity (Wildman–Crippen MR) is 70.5 cm³/mol. The highest BCUT2D eigenvalue weighted by Gasteiger charge is 2.02. The van der Waals surface area contributed by atoms with E-state index in [4.69, 9.17) is 4.74 Å². The molecule has 1 N–H and O–H groups in total. The highest BCUT2D eigenvalue weighted by molar-refractivity contribution is 5.26. The van der Waals surface area contributed by atoms with Crippen molar-refractivity contribution in [1.82, 2.24) is 15.3 Å². The normalized spacial score (nSPS) is 10.4. The van der Waals surface area contributed by atoms with Crippen molar-refractivity contribution in [2.75, 3.05) is 6.54 Å². The zero-order valence-corrected chi connectivity index (χ0v) is 10.8. The predicted octanol–water partition coefficient (Wildman–Crippen LogP) is 2.91. The van der Waals surface area contributed by atoms with Crippen molar-refractivity contribution in [2.45, 2.75) is 19.9 Å². The lowest BCUT2D eigenvalue weighted by atomic mass is 10.3. The van der Waals surface area contributed by atoms with Crippen molar-refractivity contribution in [2.24, 2.45) is 0 Å². The number of ether oxygens (including phenoxy) is 1. The number of benzene rings is 1. The second-order valence-electron chi connectivity index (χ2n) is 4.08. The van der Waals surface area contributed by atoms with Gasteiger partial charge in [0.2, 0.25) is 5.88 Å². The monoisotopic (exact) mass is 261 g/mol. The van der Waals surface area contributed by atoms with Gasteiger partial charge in [-0.1, -0.05) is 6.92 Å². The summed E-state index contributed by atoms with van der Waals surface area (Å²) < 4.78 is 18.3. The molecule has 0 fully saturated rings. The fourth-order valence-corrected chi connectivity index (χ4v) is 1.54.